The van der Waals surface area contributed by atoms with Crippen molar-refractivity contribution in [3.8, 4) is 22.5 Å². The van der Waals surface area contributed by atoms with E-state index in [2.05, 4.69) is 182 Å². The summed E-state index contributed by atoms with van der Waals surface area (Å²) in [5, 5.41) is 7.71. The van der Waals surface area contributed by atoms with Crippen LogP contribution >= 0.6 is 0 Å². The number of rotatable bonds is 3. The second-order valence-corrected chi connectivity index (χ2v) is 15.7. The van der Waals surface area contributed by atoms with Crippen LogP contribution in [-0.4, -0.2) is 9.13 Å². The molecule has 0 unspecified atom stereocenters. The zero-order chi connectivity index (χ0) is 33.8. The van der Waals surface area contributed by atoms with Gasteiger partial charge in [0.15, 0.2) is 0 Å². The third-order valence-corrected chi connectivity index (χ3v) is 11.7. The molecule has 0 spiro atoms. The highest BCUT2D eigenvalue weighted by atomic mass is 15.0. The molecule has 0 saturated carbocycles. The van der Waals surface area contributed by atoms with Gasteiger partial charge in [-0.05, 0) is 117 Å². The molecule has 9 aromatic rings. The Hall–Kier alpha value is -5.60. The number of para-hydroxylation sites is 2. The van der Waals surface area contributed by atoms with E-state index in [9.17, 15) is 0 Å². The van der Waals surface area contributed by atoms with Crippen molar-refractivity contribution in [1.82, 2.24) is 9.13 Å². The first-order chi connectivity index (χ1) is 24.3. The van der Waals surface area contributed by atoms with Crippen molar-refractivity contribution in [2.75, 3.05) is 0 Å². The molecule has 2 aromatic heterocycles. The van der Waals surface area contributed by atoms with Crippen molar-refractivity contribution in [1.29, 1.82) is 0 Å². The van der Waals surface area contributed by atoms with Crippen molar-refractivity contribution >= 4 is 54.4 Å². The molecule has 242 valence electrons. The predicted molar refractivity (Wildman–Crippen MR) is 213 cm³/mol. The van der Waals surface area contributed by atoms with Crippen molar-refractivity contribution in [3.63, 3.8) is 0 Å². The summed E-state index contributed by atoms with van der Waals surface area (Å²) in [5.41, 5.74) is 13.1. The molecular formula is C48H40N2. The van der Waals surface area contributed by atoms with Gasteiger partial charge in [0.2, 0.25) is 0 Å². The molecule has 2 nitrogen and oxygen atoms in total. The van der Waals surface area contributed by atoms with Gasteiger partial charge in [-0.2, -0.15) is 0 Å². The Morgan fingerprint density at radius 2 is 0.940 bits per heavy atom. The molecule has 2 heterocycles. The third kappa shape index (κ3) is 4.27. The first-order valence-electron chi connectivity index (χ1n) is 18.0. The fourth-order valence-electron chi connectivity index (χ4n) is 8.85. The van der Waals surface area contributed by atoms with Crippen LogP contribution in [0.4, 0.5) is 0 Å². The summed E-state index contributed by atoms with van der Waals surface area (Å²) in [4.78, 5) is 0. The number of fused-ring (bicyclic) bond motifs is 8. The van der Waals surface area contributed by atoms with Crippen LogP contribution in [0, 0.1) is 0 Å². The lowest BCUT2D eigenvalue weighted by Crippen LogP contribution is -2.33. The van der Waals surface area contributed by atoms with E-state index in [1.807, 2.05) is 0 Å². The van der Waals surface area contributed by atoms with Gasteiger partial charge >= 0.3 is 0 Å². The molecule has 2 heteroatoms. The minimum atomic E-state index is 0.131. The van der Waals surface area contributed by atoms with Gasteiger partial charge < -0.3 is 9.13 Å². The number of nitrogens with zero attached hydrogens (tertiary/aromatic N) is 2. The van der Waals surface area contributed by atoms with E-state index < -0.39 is 0 Å². The molecule has 0 bridgehead atoms. The van der Waals surface area contributed by atoms with E-state index >= 15 is 0 Å². The van der Waals surface area contributed by atoms with Crippen LogP contribution in [0.5, 0.6) is 0 Å². The van der Waals surface area contributed by atoms with E-state index in [0.717, 1.165) is 0 Å². The number of aromatic nitrogens is 2. The van der Waals surface area contributed by atoms with Crippen LogP contribution < -0.4 is 0 Å². The molecule has 7 aromatic carbocycles. The quantitative estimate of drug-likeness (QED) is 0.181. The maximum absolute atomic E-state index is 2.55. The van der Waals surface area contributed by atoms with Crippen LogP contribution in [-0.2, 0) is 10.8 Å². The van der Waals surface area contributed by atoms with Gasteiger partial charge in [-0.1, -0.05) is 113 Å². The lowest BCUT2D eigenvalue weighted by atomic mass is 9.63. The molecule has 1 aliphatic carbocycles. The third-order valence-electron chi connectivity index (χ3n) is 11.7. The molecule has 0 radical (unpaired) electrons. The van der Waals surface area contributed by atoms with E-state index in [0.29, 0.717) is 0 Å². The standard InChI is InChI=1S/C48H40N2/c1-47(2)23-24-48(3,4)42-29-44-40(28-41(42)47)39-27-38-37-17-11-12-18-43(37)50(45(38)30-46(39)49(44)35-15-9-6-10-16-35)36-22-21-33-25-32(19-20-34(33)26-36)31-13-7-5-8-14-31/h5-22,25-30H,23-24H2,1-4H3. The molecule has 0 fully saturated rings. The van der Waals surface area contributed by atoms with Crippen molar-refractivity contribution < 1.29 is 0 Å². The number of hydrogen-bond donors (Lipinski definition) is 0. The Labute approximate surface area is 293 Å². The maximum Gasteiger partial charge on any atom is 0.0562 e. The Kier molecular flexibility index (Phi) is 6.13. The highest BCUT2D eigenvalue weighted by molar-refractivity contribution is 6.19. The second kappa shape index (κ2) is 10.5. The highest BCUT2D eigenvalue weighted by Gasteiger charge is 2.38. The van der Waals surface area contributed by atoms with Gasteiger partial charge in [-0.15, -0.1) is 0 Å². The van der Waals surface area contributed by atoms with Crippen LogP contribution in [0.15, 0.2) is 146 Å². The summed E-state index contributed by atoms with van der Waals surface area (Å²) >= 11 is 0. The van der Waals surface area contributed by atoms with Gasteiger partial charge in [0.1, 0.15) is 0 Å². The summed E-state index contributed by atoms with van der Waals surface area (Å²) in [6.07, 6.45) is 2.40. The first kappa shape index (κ1) is 29.3. The molecule has 0 N–H and O–H groups in total. The predicted octanol–water partition coefficient (Wildman–Crippen LogP) is 13.0. The topological polar surface area (TPSA) is 9.86 Å². The Morgan fingerprint density at radius 1 is 0.380 bits per heavy atom. The average molecular weight is 645 g/mol. The molecule has 0 amide bonds. The molecular weight excluding hydrogens is 605 g/mol. The van der Waals surface area contributed by atoms with Gasteiger partial charge in [0, 0.05) is 32.9 Å². The fraction of sp³-hybridized carbons (Fsp3) is 0.167. The molecule has 0 saturated heterocycles. The number of hydrogen-bond acceptors (Lipinski definition) is 0. The van der Waals surface area contributed by atoms with Crippen LogP contribution in [0.2, 0.25) is 0 Å². The average Bonchev–Trinajstić information content (AvgIpc) is 3.64. The minimum Gasteiger partial charge on any atom is -0.309 e. The molecule has 50 heavy (non-hydrogen) atoms. The fourth-order valence-corrected chi connectivity index (χ4v) is 8.85. The Bertz CT molecular complexity index is 2790. The summed E-state index contributed by atoms with van der Waals surface area (Å²) < 4.78 is 4.98. The van der Waals surface area contributed by atoms with Crippen molar-refractivity contribution in [3.05, 3.63) is 157 Å². The zero-order valence-electron chi connectivity index (χ0n) is 29.2. The van der Waals surface area contributed by atoms with Crippen molar-refractivity contribution in [2.45, 2.75) is 51.4 Å². The van der Waals surface area contributed by atoms with Gasteiger partial charge in [-0.25, -0.2) is 0 Å². The van der Waals surface area contributed by atoms with E-state index in [-0.39, 0.29) is 10.8 Å². The largest absolute Gasteiger partial charge is 0.309 e. The lowest BCUT2D eigenvalue weighted by molar-refractivity contribution is 0.332. The minimum absolute atomic E-state index is 0.131. The van der Waals surface area contributed by atoms with E-state index in [1.54, 1.807) is 0 Å². The summed E-state index contributed by atoms with van der Waals surface area (Å²) in [7, 11) is 0. The lowest BCUT2D eigenvalue weighted by Gasteiger charge is -2.42. The monoisotopic (exact) mass is 644 g/mol. The van der Waals surface area contributed by atoms with E-state index in [4.69, 9.17) is 0 Å². The molecule has 0 atom stereocenters. The Morgan fingerprint density at radius 3 is 1.70 bits per heavy atom. The summed E-state index contributed by atoms with van der Waals surface area (Å²) in [6.45, 7) is 9.72. The smallest absolute Gasteiger partial charge is 0.0562 e. The second-order valence-electron chi connectivity index (χ2n) is 15.7. The first-order valence-corrected chi connectivity index (χ1v) is 18.0. The van der Waals surface area contributed by atoms with Crippen LogP contribution in [0.3, 0.4) is 0 Å². The molecule has 1 aliphatic rings. The molecule has 10 rings (SSSR count). The molecule has 0 aliphatic heterocycles. The maximum atomic E-state index is 2.55. The Balaban J connectivity index is 1.27. The van der Waals surface area contributed by atoms with Crippen LogP contribution in [0.1, 0.15) is 51.7 Å². The van der Waals surface area contributed by atoms with Crippen molar-refractivity contribution in [2.24, 2.45) is 0 Å². The summed E-state index contributed by atoms with van der Waals surface area (Å²) in [5.74, 6) is 0. The highest BCUT2D eigenvalue weighted by Crippen LogP contribution is 2.49. The van der Waals surface area contributed by atoms with Gasteiger partial charge in [-0.3, -0.25) is 0 Å². The zero-order valence-corrected chi connectivity index (χ0v) is 29.2. The summed E-state index contributed by atoms with van der Waals surface area (Å²) in [6, 6.07) is 54.2. The van der Waals surface area contributed by atoms with Crippen LogP contribution in [0.25, 0.3) is 76.9 Å². The normalized spacial score (nSPS) is 15.4. The SMILES string of the molecule is CC1(C)CCC(C)(C)c2cc3c(cc21)c1cc2c4ccccc4n(-c4ccc5cc(-c6ccccc6)ccc5c4)c2cc1n3-c1ccccc1. The van der Waals surface area contributed by atoms with Gasteiger partial charge in [0.25, 0.3) is 0 Å². The van der Waals surface area contributed by atoms with E-state index in [1.165, 1.54) is 101 Å². The number of benzene rings is 7. The van der Waals surface area contributed by atoms with Gasteiger partial charge in [0.05, 0.1) is 22.1 Å².